The van der Waals surface area contributed by atoms with Gasteiger partial charge in [0.05, 0.1) is 10.9 Å². The van der Waals surface area contributed by atoms with Gasteiger partial charge in [-0.05, 0) is 37.0 Å². The number of aryl methyl sites for hydroxylation is 1. The van der Waals surface area contributed by atoms with Crippen LogP contribution in [0.2, 0.25) is 0 Å². The van der Waals surface area contributed by atoms with Gasteiger partial charge in [-0.2, -0.15) is 0 Å². The summed E-state index contributed by atoms with van der Waals surface area (Å²) in [5, 5.41) is 8.41. The summed E-state index contributed by atoms with van der Waals surface area (Å²) in [5.74, 6) is -0.857. The number of sulfonamides is 1. The SMILES string of the molecule is CN(c1cccc(CCC(=O)O)c1)S(=O)(=O)C1CC1. The Morgan fingerprint density at radius 1 is 1.42 bits per heavy atom. The molecule has 2 rings (SSSR count). The molecule has 1 N–H and O–H groups in total. The van der Waals surface area contributed by atoms with Crippen LogP contribution in [0.1, 0.15) is 24.8 Å². The second-order valence-electron chi connectivity index (χ2n) is 4.78. The fraction of sp³-hybridized carbons (Fsp3) is 0.462. The minimum Gasteiger partial charge on any atom is -0.481 e. The summed E-state index contributed by atoms with van der Waals surface area (Å²) in [6.45, 7) is 0. The van der Waals surface area contributed by atoms with E-state index in [0.717, 1.165) is 18.4 Å². The van der Waals surface area contributed by atoms with E-state index in [1.54, 1.807) is 25.2 Å². The van der Waals surface area contributed by atoms with E-state index in [9.17, 15) is 13.2 Å². The summed E-state index contributed by atoms with van der Waals surface area (Å²) in [6.07, 6.45) is 1.90. The highest BCUT2D eigenvalue weighted by Gasteiger charge is 2.38. The highest BCUT2D eigenvalue weighted by Crippen LogP contribution is 2.32. The number of nitrogens with zero attached hydrogens (tertiary/aromatic N) is 1. The number of carboxylic acid groups (broad SMARTS) is 1. The fourth-order valence-corrected chi connectivity index (χ4v) is 3.48. The van der Waals surface area contributed by atoms with Crippen molar-refractivity contribution in [2.75, 3.05) is 11.4 Å². The molecule has 19 heavy (non-hydrogen) atoms. The van der Waals surface area contributed by atoms with Crippen molar-refractivity contribution < 1.29 is 18.3 Å². The van der Waals surface area contributed by atoms with E-state index in [4.69, 9.17) is 5.11 Å². The number of anilines is 1. The molecule has 1 aliphatic carbocycles. The first kappa shape index (κ1) is 13.9. The Kier molecular flexibility index (Phi) is 3.80. The Labute approximate surface area is 112 Å². The first-order valence-corrected chi connectivity index (χ1v) is 7.70. The van der Waals surface area contributed by atoms with Gasteiger partial charge in [-0.15, -0.1) is 0 Å². The van der Waals surface area contributed by atoms with Gasteiger partial charge in [-0.25, -0.2) is 8.42 Å². The molecule has 1 aliphatic rings. The van der Waals surface area contributed by atoms with Crippen LogP contribution >= 0.6 is 0 Å². The third-order valence-corrected chi connectivity index (χ3v) is 5.52. The van der Waals surface area contributed by atoms with Crippen LogP contribution in [-0.4, -0.2) is 31.8 Å². The van der Waals surface area contributed by atoms with Gasteiger partial charge in [0.2, 0.25) is 10.0 Å². The van der Waals surface area contributed by atoms with Crippen LogP contribution in [0.3, 0.4) is 0 Å². The van der Waals surface area contributed by atoms with E-state index in [-0.39, 0.29) is 11.7 Å². The molecule has 0 heterocycles. The smallest absolute Gasteiger partial charge is 0.303 e. The Morgan fingerprint density at radius 2 is 2.11 bits per heavy atom. The van der Waals surface area contributed by atoms with Crippen LogP contribution in [-0.2, 0) is 21.2 Å². The molecule has 0 aliphatic heterocycles. The lowest BCUT2D eigenvalue weighted by Crippen LogP contribution is -2.29. The van der Waals surface area contributed by atoms with E-state index in [1.165, 1.54) is 4.31 Å². The van der Waals surface area contributed by atoms with Crippen molar-refractivity contribution >= 4 is 21.7 Å². The third-order valence-electron chi connectivity index (χ3n) is 3.23. The van der Waals surface area contributed by atoms with Gasteiger partial charge in [0.15, 0.2) is 0 Å². The fourth-order valence-electron chi connectivity index (χ4n) is 1.90. The molecule has 104 valence electrons. The molecule has 0 amide bonds. The highest BCUT2D eigenvalue weighted by atomic mass is 32.2. The maximum absolute atomic E-state index is 12.1. The summed E-state index contributed by atoms with van der Waals surface area (Å²) in [6, 6.07) is 7.03. The number of rotatable bonds is 6. The van der Waals surface area contributed by atoms with Gasteiger partial charge in [-0.3, -0.25) is 9.10 Å². The molecular weight excluding hydrogens is 266 g/mol. The van der Waals surface area contributed by atoms with E-state index >= 15 is 0 Å². The average Bonchev–Trinajstić information content (AvgIpc) is 3.20. The number of hydrogen-bond donors (Lipinski definition) is 1. The zero-order valence-electron chi connectivity index (χ0n) is 10.7. The predicted molar refractivity (Wildman–Crippen MR) is 72.7 cm³/mol. The molecule has 0 bridgehead atoms. The van der Waals surface area contributed by atoms with Crippen LogP contribution in [0.5, 0.6) is 0 Å². The molecule has 6 heteroatoms. The number of aliphatic carboxylic acids is 1. The summed E-state index contributed by atoms with van der Waals surface area (Å²) >= 11 is 0. The summed E-state index contributed by atoms with van der Waals surface area (Å²) in [7, 11) is -1.70. The number of carbonyl (C=O) groups is 1. The van der Waals surface area contributed by atoms with Crippen LogP contribution in [0.15, 0.2) is 24.3 Å². The van der Waals surface area contributed by atoms with Crippen molar-refractivity contribution in [2.24, 2.45) is 0 Å². The second kappa shape index (κ2) is 5.21. The Bertz CT molecular complexity index is 578. The minimum atomic E-state index is -3.25. The van der Waals surface area contributed by atoms with Gasteiger partial charge < -0.3 is 5.11 Å². The van der Waals surface area contributed by atoms with Crippen LogP contribution in [0, 0.1) is 0 Å². The zero-order valence-corrected chi connectivity index (χ0v) is 11.6. The first-order chi connectivity index (χ1) is 8.91. The lowest BCUT2D eigenvalue weighted by Gasteiger charge is -2.19. The van der Waals surface area contributed by atoms with Gasteiger partial charge in [0.25, 0.3) is 0 Å². The molecule has 5 nitrogen and oxygen atoms in total. The van der Waals surface area contributed by atoms with E-state index in [2.05, 4.69) is 0 Å². The van der Waals surface area contributed by atoms with Gasteiger partial charge in [0.1, 0.15) is 0 Å². The van der Waals surface area contributed by atoms with Crippen molar-refractivity contribution in [3.8, 4) is 0 Å². The van der Waals surface area contributed by atoms with Crippen molar-refractivity contribution in [1.82, 2.24) is 0 Å². The van der Waals surface area contributed by atoms with Gasteiger partial charge >= 0.3 is 5.97 Å². The lowest BCUT2D eigenvalue weighted by atomic mass is 10.1. The van der Waals surface area contributed by atoms with Crippen molar-refractivity contribution in [3.05, 3.63) is 29.8 Å². The molecule has 0 radical (unpaired) electrons. The lowest BCUT2D eigenvalue weighted by molar-refractivity contribution is -0.136. The summed E-state index contributed by atoms with van der Waals surface area (Å²) < 4.78 is 25.5. The molecule has 0 aromatic heterocycles. The second-order valence-corrected chi connectivity index (χ2v) is 7.02. The first-order valence-electron chi connectivity index (χ1n) is 6.20. The normalized spacial score (nSPS) is 15.2. The molecule has 1 fully saturated rings. The van der Waals surface area contributed by atoms with Crippen molar-refractivity contribution in [3.63, 3.8) is 0 Å². The van der Waals surface area contributed by atoms with Crippen LogP contribution in [0.25, 0.3) is 0 Å². The molecule has 1 saturated carbocycles. The number of carboxylic acids is 1. The van der Waals surface area contributed by atoms with Crippen LogP contribution < -0.4 is 4.31 Å². The number of benzene rings is 1. The van der Waals surface area contributed by atoms with E-state index in [0.29, 0.717) is 12.1 Å². The van der Waals surface area contributed by atoms with Crippen molar-refractivity contribution in [2.45, 2.75) is 30.9 Å². The third kappa shape index (κ3) is 3.26. The van der Waals surface area contributed by atoms with Crippen LogP contribution in [0.4, 0.5) is 5.69 Å². The minimum absolute atomic E-state index is 0.0442. The Morgan fingerprint density at radius 3 is 2.68 bits per heavy atom. The summed E-state index contributed by atoms with van der Waals surface area (Å²) in [5.41, 5.74) is 1.42. The largest absolute Gasteiger partial charge is 0.481 e. The monoisotopic (exact) mass is 283 g/mol. The molecule has 0 unspecified atom stereocenters. The topological polar surface area (TPSA) is 74.7 Å². The predicted octanol–water partition coefficient (Wildman–Crippen LogP) is 1.63. The molecule has 1 aromatic rings. The van der Waals surface area contributed by atoms with Crippen molar-refractivity contribution in [1.29, 1.82) is 0 Å². The molecule has 0 spiro atoms. The standard InChI is InChI=1S/C13H17NO4S/c1-14(19(17,18)12-6-7-12)11-4-2-3-10(9-11)5-8-13(15)16/h2-4,9,12H,5-8H2,1H3,(H,15,16). The maximum atomic E-state index is 12.1. The molecule has 0 saturated heterocycles. The molecule has 1 aromatic carbocycles. The Balaban J connectivity index is 2.16. The molecule has 0 atom stereocenters. The Hall–Kier alpha value is -1.56. The van der Waals surface area contributed by atoms with Gasteiger partial charge in [-0.1, -0.05) is 12.1 Å². The molecular formula is C13H17NO4S. The highest BCUT2D eigenvalue weighted by molar-refractivity contribution is 7.93. The summed E-state index contributed by atoms with van der Waals surface area (Å²) in [4.78, 5) is 10.5. The average molecular weight is 283 g/mol. The quantitative estimate of drug-likeness (QED) is 0.861. The number of hydrogen-bond acceptors (Lipinski definition) is 3. The van der Waals surface area contributed by atoms with E-state index in [1.807, 2.05) is 6.07 Å². The maximum Gasteiger partial charge on any atom is 0.303 e. The zero-order chi connectivity index (χ0) is 14.0. The van der Waals surface area contributed by atoms with E-state index < -0.39 is 16.0 Å². The van der Waals surface area contributed by atoms with Gasteiger partial charge in [0, 0.05) is 13.5 Å².